The SMILES string of the molecule is Clc1cccc2sc3ccc(I)cc3c12. The van der Waals surface area contributed by atoms with Crippen molar-refractivity contribution in [2.75, 3.05) is 0 Å². The first-order valence-corrected chi connectivity index (χ1v) is 6.79. The first-order chi connectivity index (χ1) is 7.25. The Labute approximate surface area is 110 Å². The number of fused-ring (bicyclic) bond motifs is 3. The predicted molar refractivity (Wildman–Crippen MR) is 77.1 cm³/mol. The Morgan fingerprint density at radius 1 is 1.07 bits per heavy atom. The Morgan fingerprint density at radius 3 is 2.80 bits per heavy atom. The monoisotopic (exact) mass is 344 g/mol. The lowest BCUT2D eigenvalue weighted by molar-refractivity contribution is 1.76. The van der Waals surface area contributed by atoms with E-state index >= 15 is 0 Å². The van der Waals surface area contributed by atoms with Crippen LogP contribution in [0, 0.1) is 3.57 Å². The zero-order valence-corrected chi connectivity index (χ0v) is 11.4. The predicted octanol–water partition coefficient (Wildman–Crippen LogP) is 5.31. The lowest BCUT2D eigenvalue weighted by Gasteiger charge is -1.95. The highest BCUT2D eigenvalue weighted by Crippen LogP contribution is 2.38. The lowest BCUT2D eigenvalue weighted by atomic mass is 10.1. The second kappa shape index (κ2) is 3.61. The highest BCUT2D eigenvalue weighted by Gasteiger charge is 2.07. The van der Waals surface area contributed by atoms with E-state index in [0.29, 0.717) is 0 Å². The maximum atomic E-state index is 6.23. The van der Waals surface area contributed by atoms with Crippen LogP contribution >= 0.6 is 45.5 Å². The fourth-order valence-corrected chi connectivity index (χ4v) is 3.69. The van der Waals surface area contributed by atoms with E-state index < -0.39 is 0 Å². The molecule has 15 heavy (non-hydrogen) atoms. The molecule has 3 rings (SSSR count). The highest BCUT2D eigenvalue weighted by atomic mass is 127. The Bertz CT molecular complexity index is 657. The van der Waals surface area contributed by atoms with Crippen LogP contribution in [0.15, 0.2) is 36.4 Å². The van der Waals surface area contributed by atoms with E-state index in [-0.39, 0.29) is 0 Å². The van der Waals surface area contributed by atoms with Crippen LogP contribution in [0.4, 0.5) is 0 Å². The summed E-state index contributed by atoms with van der Waals surface area (Å²) >= 11 is 10.4. The van der Waals surface area contributed by atoms with Crippen molar-refractivity contribution in [2.45, 2.75) is 0 Å². The molecule has 0 bridgehead atoms. The van der Waals surface area contributed by atoms with Gasteiger partial charge in [0.15, 0.2) is 0 Å². The van der Waals surface area contributed by atoms with Crippen molar-refractivity contribution < 1.29 is 0 Å². The summed E-state index contributed by atoms with van der Waals surface area (Å²) in [6.07, 6.45) is 0. The van der Waals surface area contributed by atoms with Crippen LogP contribution in [0.3, 0.4) is 0 Å². The van der Waals surface area contributed by atoms with Crippen molar-refractivity contribution in [1.29, 1.82) is 0 Å². The van der Waals surface area contributed by atoms with Gasteiger partial charge in [0.05, 0.1) is 0 Å². The molecule has 0 N–H and O–H groups in total. The summed E-state index contributed by atoms with van der Waals surface area (Å²) in [4.78, 5) is 0. The van der Waals surface area contributed by atoms with Gasteiger partial charge in [0.25, 0.3) is 0 Å². The van der Waals surface area contributed by atoms with E-state index in [2.05, 4.69) is 46.9 Å². The Hall–Kier alpha value is -0.320. The van der Waals surface area contributed by atoms with Gasteiger partial charge in [-0.1, -0.05) is 17.7 Å². The quantitative estimate of drug-likeness (QED) is 0.485. The van der Waals surface area contributed by atoms with E-state index in [1.165, 1.54) is 23.7 Å². The fraction of sp³-hybridized carbons (Fsp3) is 0. The molecule has 1 heterocycles. The zero-order chi connectivity index (χ0) is 10.4. The molecular weight excluding hydrogens is 339 g/mol. The van der Waals surface area contributed by atoms with Crippen LogP contribution in [0.1, 0.15) is 0 Å². The summed E-state index contributed by atoms with van der Waals surface area (Å²) in [7, 11) is 0. The molecular formula is C12H6ClIS. The van der Waals surface area contributed by atoms with Crippen molar-refractivity contribution in [3.63, 3.8) is 0 Å². The van der Waals surface area contributed by atoms with E-state index in [4.69, 9.17) is 11.6 Å². The minimum Gasteiger partial charge on any atom is -0.135 e. The molecule has 2 aromatic carbocycles. The van der Waals surface area contributed by atoms with Gasteiger partial charge in [-0.05, 0) is 52.9 Å². The maximum absolute atomic E-state index is 6.23. The Kier molecular flexibility index (Phi) is 2.38. The molecule has 0 nitrogen and oxygen atoms in total. The molecule has 3 aromatic rings. The molecule has 0 radical (unpaired) electrons. The number of benzene rings is 2. The molecule has 0 unspecified atom stereocenters. The van der Waals surface area contributed by atoms with Gasteiger partial charge in [-0.3, -0.25) is 0 Å². The average molecular weight is 345 g/mol. The summed E-state index contributed by atoms with van der Waals surface area (Å²) in [5.41, 5.74) is 0. The van der Waals surface area contributed by atoms with Gasteiger partial charge >= 0.3 is 0 Å². The van der Waals surface area contributed by atoms with Gasteiger partial charge in [-0.25, -0.2) is 0 Å². The first kappa shape index (κ1) is 9.87. The second-order valence-corrected chi connectivity index (χ2v) is 6.09. The van der Waals surface area contributed by atoms with Gasteiger partial charge in [0.2, 0.25) is 0 Å². The summed E-state index contributed by atoms with van der Waals surface area (Å²) in [5, 5.41) is 3.31. The third-order valence-corrected chi connectivity index (χ3v) is 4.53. The van der Waals surface area contributed by atoms with Gasteiger partial charge in [0.1, 0.15) is 0 Å². The van der Waals surface area contributed by atoms with Gasteiger partial charge < -0.3 is 0 Å². The van der Waals surface area contributed by atoms with Crippen LogP contribution in [0.2, 0.25) is 5.02 Å². The van der Waals surface area contributed by atoms with Crippen molar-refractivity contribution in [3.05, 3.63) is 45.0 Å². The van der Waals surface area contributed by atoms with Crippen molar-refractivity contribution >= 4 is 65.7 Å². The van der Waals surface area contributed by atoms with Gasteiger partial charge in [0, 0.05) is 28.8 Å². The van der Waals surface area contributed by atoms with Crippen LogP contribution in [0.25, 0.3) is 20.2 Å². The summed E-state index contributed by atoms with van der Waals surface area (Å²) in [6, 6.07) is 12.6. The van der Waals surface area contributed by atoms with Crippen LogP contribution in [-0.2, 0) is 0 Å². The number of hydrogen-bond acceptors (Lipinski definition) is 1. The highest BCUT2D eigenvalue weighted by molar-refractivity contribution is 14.1. The molecule has 0 aliphatic rings. The average Bonchev–Trinajstić information content (AvgIpc) is 2.57. The molecule has 74 valence electrons. The maximum Gasteiger partial charge on any atom is 0.0499 e. The molecule has 0 saturated heterocycles. The normalized spacial score (nSPS) is 11.3. The van der Waals surface area contributed by atoms with Gasteiger partial charge in [-0.2, -0.15) is 0 Å². The van der Waals surface area contributed by atoms with Crippen LogP contribution in [0.5, 0.6) is 0 Å². The van der Waals surface area contributed by atoms with Crippen molar-refractivity contribution in [2.24, 2.45) is 0 Å². The molecule has 0 saturated carbocycles. The smallest absolute Gasteiger partial charge is 0.0499 e. The van der Waals surface area contributed by atoms with Crippen LogP contribution < -0.4 is 0 Å². The third-order valence-electron chi connectivity index (χ3n) is 2.41. The largest absolute Gasteiger partial charge is 0.135 e. The number of hydrogen-bond donors (Lipinski definition) is 0. The summed E-state index contributed by atoms with van der Waals surface area (Å²) in [6.45, 7) is 0. The fourth-order valence-electron chi connectivity index (χ4n) is 1.76. The number of thiophene rings is 1. The zero-order valence-electron chi connectivity index (χ0n) is 7.63. The molecule has 0 aliphatic carbocycles. The van der Waals surface area contributed by atoms with E-state index in [0.717, 1.165) is 5.02 Å². The molecule has 0 amide bonds. The van der Waals surface area contributed by atoms with E-state index in [1.807, 2.05) is 12.1 Å². The minimum atomic E-state index is 0.848. The van der Waals surface area contributed by atoms with Crippen LogP contribution in [-0.4, -0.2) is 0 Å². The Balaban J connectivity index is 2.61. The van der Waals surface area contributed by atoms with E-state index in [9.17, 15) is 0 Å². The second-order valence-electron chi connectivity index (χ2n) is 3.36. The summed E-state index contributed by atoms with van der Waals surface area (Å²) < 4.78 is 3.82. The molecule has 0 atom stereocenters. The molecule has 0 aliphatic heterocycles. The number of rotatable bonds is 0. The van der Waals surface area contributed by atoms with Crippen molar-refractivity contribution in [3.8, 4) is 0 Å². The lowest BCUT2D eigenvalue weighted by Crippen LogP contribution is -1.71. The van der Waals surface area contributed by atoms with E-state index in [1.54, 1.807) is 11.3 Å². The Morgan fingerprint density at radius 2 is 1.93 bits per heavy atom. The molecule has 3 heteroatoms. The topological polar surface area (TPSA) is 0 Å². The molecule has 1 aromatic heterocycles. The first-order valence-electron chi connectivity index (χ1n) is 4.52. The standard InChI is InChI=1S/C12H6ClIS/c13-9-2-1-3-11-12(9)8-6-7(14)4-5-10(8)15-11/h1-6H. The number of halogens is 2. The minimum absolute atomic E-state index is 0.848. The molecule has 0 fully saturated rings. The summed E-state index contributed by atoms with van der Waals surface area (Å²) in [5.74, 6) is 0. The van der Waals surface area contributed by atoms with Crippen molar-refractivity contribution in [1.82, 2.24) is 0 Å². The van der Waals surface area contributed by atoms with Gasteiger partial charge in [-0.15, -0.1) is 11.3 Å². The molecule has 0 spiro atoms. The third kappa shape index (κ3) is 1.55.